The van der Waals surface area contributed by atoms with Gasteiger partial charge in [-0.3, -0.25) is 9.59 Å². The minimum atomic E-state index is -2.92. The van der Waals surface area contributed by atoms with E-state index in [1.807, 2.05) is 0 Å². The Morgan fingerprint density at radius 2 is 1.81 bits per heavy atom. The first-order valence-corrected chi connectivity index (χ1v) is 10.8. The number of hydrogen-bond acceptors (Lipinski definition) is 3. The molecule has 1 fully saturated rings. The zero-order chi connectivity index (χ0) is 22.9. The van der Waals surface area contributed by atoms with Gasteiger partial charge in [-0.1, -0.05) is 49.2 Å². The van der Waals surface area contributed by atoms with E-state index in [2.05, 4.69) is 5.32 Å². The number of rotatable bonds is 5. The summed E-state index contributed by atoms with van der Waals surface area (Å²) in [5.74, 6) is -3.43. The smallest absolute Gasteiger partial charge is 0.270 e. The van der Waals surface area contributed by atoms with Crippen LogP contribution < -0.4 is 10.7 Å². The fraction of sp³-hybridized carbons (Fsp3) is 0.360. The third-order valence-electron chi connectivity index (χ3n) is 6.09. The molecule has 0 aliphatic heterocycles. The van der Waals surface area contributed by atoms with Crippen LogP contribution in [0.25, 0.3) is 10.9 Å². The van der Waals surface area contributed by atoms with Crippen LogP contribution in [0.15, 0.2) is 59.5 Å². The molecule has 3 aromatic rings. The van der Waals surface area contributed by atoms with E-state index < -0.39 is 17.9 Å². The molecule has 1 heterocycles. The van der Waals surface area contributed by atoms with E-state index in [9.17, 15) is 23.5 Å². The van der Waals surface area contributed by atoms with Crippen molar-refractivity contribution in [1.29, 1.82) is 0 Å². The Bertz CT molecular complexity index is 1180. The second-order valence-electron chi connectivity index (χ2n) is 8.53. The first-order valence-electron chi connectivity index (χ1n) is 10.8. The SMILES string of the molecule is CC(F)(F)c1ccc(Cn2cc(C(=O)NC3CCCCC3O)c(=O)c3ccccc32)cc1. The van der Waals surface area contributed by atoms with E-state index in [0.29, 0.717) is 30.3 Å². The number of carbonyl (C=O) groups is 1. The molecule has 2 N–H and O–H groups in total. The van der Waals surface area contributed by atoms with Gasteiger partial charge in [-0.25, -0.2) is 8.78 Å². The lowest BCUT2D eigenvalue weighted by molar-refractivity contribution is 0.0174. The van der Waals surface area contributed by atoms with E-state index in [1.165, 1.54) is 18.3 Å². The van der Waals surface area contributed by atoms with Gasteiger partial charge in [0.2, 0.25) is 5.43 Å². The molecule has 1 saturated carbocycles. The number of aromatic nitrogens is 1. The monoisotopic (exact) mass is 440 g/mol. The molecule has 32 heavy (non-hydrogen) atoms. The summed E-state index contributed by atoms with van der Waals surface area (Å²) in [5.41, 5.74) is 0.966. The Morgan fingerprint density at radius 1 is 1.12 bits per heavy atom. The van der Waals surface area contributed by atoms with Crippen LogP contribution in [-0.4, -0.2) is 27.7 Å². The lowest BCUT2D eigenvalue weighted by Gasteiger charge is -2.28. The van der Waals surface area contributed by atoms with Crippen LogP contribution in [0.4, 0.5) is 8.78 Å². The van der Waals surface area contributed by atoms with Gasteiger partial charge < -0.3 is 15.0 Å². The number of alkyl halides is 2. The fourth-order valence-corrected chi connectivity index (χ4v) is 4.26. The second-order valence-corrected chi connectivity index (χ2v) is 8.53. The molecular weight excluding hydrogens is 414 g/mol. The van der Waals surface area contributed by atoms with Gasteiger partial charge in [-0.05, 0) is 30.5 Å². The molecule has 1 amide bonds. The van der Waals surface area contributed by atoms with Crippen molar-refractivity contribution in [2.24, 2.45) is 0 Å². The van der Waals surface area contributed by atoms with Crippen LogP contribution in [0.3, 0.4) is 0 Å². The van der Waals surface area contributed by atoms with Crippen molar-refractivity contribution in [3.63, 3.8) is 0 Å². The van der Waals surface area contributed by atoms with E-state index in [1.54, 1.807) is 41.0 Å². The summed E-state index contributed by atoms with van der Waals surface area (Å²) < 4.78 is 28.8. The number of amides is 1. The molecular formula is C25H26F2N2O3. The highest BCUT2D eigenvalue weighted by molar-refractivity contribution is 5.97. The minimum Gasteiger partial charge on any atom is -0.391 e. The standard InChI is InChI=1S/C25H26F2N2O3/c1-25(26,27)17-12-10-16(11-13-17)14-29-15-19(23(31)18-6-2-4-8-21(18)29)24(32)28-20-7-3-5-9-22(20)30/h2,4,6,8,10-13,15,20,22,30H,3,5,7,9,14H2,1H3,(H,28,32). The molecule has 2 aromatic carbocycles. The maximum absolute atomic E-state index is 13.5. The molecule has 2 unspecified atom stereocenters. The first-order chi connectivity index (χ1) is 15.2. The van der Waals surface area contributed by atoms with Crippen molar-refractivity contribution in [2.75, 3.05) is 0 Å². The van der Waals surface area contributed by atoms with Gasteiger partial charge >= 0.3 is 0 Å². The van der Waals surface area contributed by atoms with Crippen molar-refractivity contribution in [2.45, 2.75) is 57.2 Å². The molecule has 1 aliphatic carbocycles. The van der Waals surface area contributed by atoms with E-state index >= 15 is 0 Å². The molecule has 2 atom stereocenters. The number of aliphatic hydroxyl groups is 1. The number of hydrogen-bond donors (Lipinski definition) is 2. The zero-order valence-electron chi connectivity index (χ0n) is 17.9. The number of nitrogens with one attached hydrogen (secondary N) is 1. The maximum atomic E-state index is 13.5. The van der Waals surface area contributed by atoms with Gasteiger partial charge in [-0.2, -0.15) is 0 Å². The molecule has 168 valence electrons. The molecule has 0 saturated heterocycles. The van der Waals surface area contributed by atoms with Crippen LogP contribution in [0.2, 0.25) is 0 Å². The van der Waals surface area contributed by atoms with Crippen LogP contribution in [0.5, 0.6) is 0 Å². The Balaban J connectivity index is 1.69. The number of benzene rings is 2. The molecule has 4 rings (SSSR count). The van der Waals surface area contributed by atoms with E-state index in [-0.39, 0.29) is 22.6 Å². The number of pyridine rings is 1. The number of aliphatic hydroxyl groups excluding tert-OH is 1. The summed E-state index contributed by atoms with van der Waals surface area (Å²) in [6.45, 7) is 1.16. The Hall–Kier alpha value is -3.06. The summed E-state index contributed by atoms with van der Waals surface area (Å²) in [4.78, 5) is 26.0. The quantitative estimate of drug-likeness (QED) is 0.625. The van der Waals surface area contributed by atoms with Gasteiger partial charge in [0.15, 0.2) is 0 Å². The van der Waals surface area contributed by atoms with Crippen molar-refractivity contribution in [1.82, 2.24) is 9.88 Å². The normalized spacial score (nSPS) is 19.1. The number of carbonyl (C=O) groups excluding carboxylic acids is 1. The summed E-state index contributed by atoms with van der Waals surface area (Å²) in [5, 5.41) is 13.4. The predicted octanol–water partition coefficient (Wildman–Crippen LogP) is 4.19. The number of nitrogens with zero attached hydrogens (tertiary/aromatic N) is 1. The van der Waals surface area contributed by atoms with Crippen LogP contribution in [-0.2, 0) is 12.5 Å². The van der Waals surface area contributed by atoms with E-state index in [4.69, 9.17) is 0 Å². The van der Waals surface area contributed by atoms with Crippen molar-refractivity contribution >= 4 is 16.8 Å². The van der Waals surface area contributed by atoms with Crippen LogP contribution in [0, 0.1) is 0 Å². The largest absolute Gasteiger partial charge is 0.391 e. The molecule has 5 nitrogen and oxygen atoms in total. The number of para-hydroxylation sites is 1. The Morgan fingerprint density at radius 3 is 2.50 bits per heavy atom. The van der Waals surface area contributed by atoms with Crippen molar-refractivity contribution in [3.8, 4) is 0 Å². The molecule has 0 bridgehead atoms. The minimum absolute atomic E-state index is 0.00168. The van der Waals surface area contributed by atoms with Gasteiger partial charge in [-0.15, -0.1) is 0 Å². The first kappa shape index (κ1) is 22.1. The van der Waals surface area contributed by atoms with Crippen molar-refractivity contribution < 1.29 is 18.7 Å². The third kappa shape index (κ3) is 4.58. The molecule has 7 heteroatoms. The molecule has 0 spiro atoms. The third-order valence-corrected chi connectivity index (χ3v) is 6.09. The summed E-state index contributed by atoms with van der Waals surface area (Å²) in [6, 6.07) is 12.6. The van der Waals surface area contributed by atoms with Crippen molar-refractivity contribution in [3.05, 3.63) is 81.6 Å². The maximum Gasteiger partial charge on any atom is 0.270 e. The summed E-state index contributed by atoms with van der Waals surface area (Å²) in [7, 11) is 0. The number of halogens is 2. The Kier molecular flexibility index (Phi) is 6.11. The van der Waals surface area contributed by atoms with E-state index in [0.717, 1.165) is 25.3 Å². The predicted molar refractivity (Wildman–Crippen MR) is 119 cm³/mol. The molecule has 1 aliphatic rings. The highest BCUT2D eigenvalue weighted by Gasteiger charge is 2.26. The highest BCUT2D eigenvalue weighted by Crippen LogP contribution is 2.27. The molecule has 0 radical (unpaired) electrons. The fourth-order valence-electron chi connectivity index (χ4n) is 4.26. The lowest BCUT2D eigenvalue weighted by Crippen LogP contribution is -2.46. The summed E-state index contributed by atoms with van der Waals surface area (Å²) in [6.07, 6.45) is 4.02. The zero-order valence-corrected chi connectivity index (χ0v) is 17.9. The second kappa shape index (κ2) is 8.82. The van der Waals surface area contributed by atoms with Gasteiger partial charge in [0.05, 0.1) is 17.7 Å². The number of fused-ring (bicyclic) bond motifs is 1. The van der Waals surface area contributed by atoms with Gasteiger partial charge in [0.1, 0.15) is 5.56 Å². The average molecular weight is 440 g/mol. The molecule has 1 aromatic heterocycles. The highest BCUT2D eigenvalue weighted by atomic mass is 19.3. The topological polar surface area (TPSA) is 71.3 Å². The Labute approximate surface area is 184 Å². The summed E-state index contributed by atoms with van der Waals surface area (Å²) >= 11 is 0. The van der Waals surface area contributed by atoms with Crippen LogP contribution >= 0.6 is 0 Å². The average Bonchev–Trinajstić information content (AvgIpc) is 2.77. The van der Waals surface area contributed by atoms with Gasteiger partial charge in [0, 0.05) is 30.6 Å². The van der Waals surface area contributed by atoms with Gasteiger partial charge in [0.25, 0.3) is 11.8 Å². The van der Waals surface area contributed by atoms with Crippen LogP contribution in [0.1, 0.15) is 54.1 Å². The lowest BCUT2D eigenvalue weighted by atomic mass is 9.92.